The Morgan fingerprint density at radius 3 is 2.03 bits per heavy atom. The fourth-order valence-corrected chi connectivity index (χ4v) is 5.10. The van der Waals surface area contributed by atoms with Gasteiger partial charge in [-0.25, -0.2) is 4.57 Å². The van der Waals surface area contributed by atoms with Gasteiger partial charge in [-0.05, 0) is 64.1 Å². The van der Waals surface area contributed by atoms with E-state index in [9.17, 15) is 0 Å². The van der Waals surface area contributed by atoms with Crippen LogP contribution in [0.2, 0.25) is 0 Å². The largest absolute Gasteiger partial charge is 0.295 e. The van der Waals surface area contributed by atoms with Gasteiger partial charge in [0.05, 0.1) is 12.6 Å². The van der Waals surface area contributed by atoms with Crippen LogP contribution in [0.15, 0.2) is 78.9 Å². The molecule has 4 aromatic carbocycles. The van der Waals surface area contributed by atoms with E-state index in [0.29, 0.717) is 0 Å². The number of aryl methyl sites for hydroxylation is 2. The number of rotatable bonds is 2. The second-order valence-electron chi connectivity index (χ2n) is 11.9. The zero-order valence-electron chi connectivity index (χ0n) is 22.4. The summed E-state index contributed by atoms with van der Waals surface area (Å²) in [4.78, 5) is 0. The van der Waals surface area contributed by atoms with Crippen molar-refractivity contribution in [2.45, 2.75) is 59.3 Å². The average molecular weight is 462 g/mol. The Hall–Kier alpha value is -3.39. The summed E-state index contributed by atoms with van der Waals surface area (Å²) in [5.74, 6) is 1.21. The van der Waals surface area contributed by atoms with Crippen LogP contribution in [0.1, 0.15) is 58.2 Å². The first-order valence-electron chi connectivity index (χ1n) is 12.6. The summed E-state index contributed by atoms with van der Waals surface area (Å²) in [5, 5.41) is 2.52. The smallest absolute Gasteiger partial charge is 0.225 e. The second kappa shape index (κ2) is 8.09. The van der Waals surface area contributed by atoms with E-state index in [4.69, 9.17) is 0 Å². The van der Waals surface area contributed by atoms with Gasteiger partial charge in [0.1, 0.15) is 5.69 Å². The van der Waals surface area contributed by atoms with E-state index in [0.717, 1.165) is 0 Å². The Labute approximate surface area is 209 Å². The van der Waals surface area contributed by atoms with Crippen LogP contribution in [0.4, 0.5) is 0 Å². The molecular weight excluding hydrogens is 424 g/mol. The number of hydrogen-bond donors (Lipinski definition) is 0. The molecule has 35 heavy (non-hydrogen) atoms. The van der Waals surface area contributed by atoms with Gasteiger partial charge in [-0.1, -0.05) is 96.1 Å². The van der Waals surface area contributed by atoms with Crippen molar-refractivity contribution >= 4 is 21.8 Å². The first-order chi connectivity index (χ1) is 16.5. The Morgan fingerprint density at radius 2 is 1.31 bits per heavy atom. The number of benzene rings is 4. The molecule has 0 saturated heterocycles. The topological polar surface area (TPSA) is 8.81 Å². The number of hydrogen-bond acceptors (Lipinski definition) is 0. The van der Waals surface area contributed by atoms with Gasteiger partial charge in [0.25, 0.3) is 5.82 Å². The predicted octanol–water partition coefficient (Wildman–Crippen LogP) is 8.18. The van der Waals surface area contributed by atoms with E-state index in [2.05, 4.69) is 144 Å². The third-order valence-electron chi connectivity index (χ3n) is 7.33. The van der Waals surface area contributed by atoms with E-state index in [1.165, 1.54) is 55.6 Å². The Balaban J connectivity index is 1.94. The summed E-state index contributed by atoms with van der Waals surface area (Å²) in [5.41, 5.74) is 9.13. The van der Waals surface area contributed by atoms with Crippen LogP contribution in [0.3, 0.4) is 0 Å². The third-order valence-corrected chi connectivity index (χ3v) is 7.33. The van der Waals surface area contributed by atoms with Crippen molar-refractivity contribution in [2.75, 3.05) is 0 Å². The lowest BCUT2D eigenvalue weighted by Gasteiger charge is -2.20. The molecule has 0 radical (unpaired) electrons. The van der Waals surface area contributed by atoms with Crippen LogP contribution < -0.4 is 4.57 Å². The fraction of sp³-hybridized carbons (Fsp3) is 0.303. The first-order valence-corrected chi connectivity index (χ1v) is 12.6. The highest BCUT2D eigenvalue weighted by Gasteiger charge is 2.30. The minimum Gasteiger partial charge on any atom is -0.225 e. The van der Waals surface area contributed by atoms with Crippen molar-refractivity contribution in [1.82, 2.24) is 4.57 Å². The molecule has 0 fully saturated rings. The SMILES string of the molecule is Cc1ccc(C(C)(C)C)cc1-c1n(-c2cccc3ccccc23)c2ccc(C(C)(C)C)cc2[n+]1C. The van der Waals surface area contributed by atoms with Gasteiger partial charge in [0.15, 0.2) is 11.0 Å². The first kappa shape index (κ1) is 23.4. The average Bonchev–Trinajstić information content (AvgIpc) is 3.09. The van der Waals surface area contributed by atoms with E-state index in [-0.39, 0.29) is 10.8 Å². The summed E-state index contributed by atoms with van der Waals surface area (Å²) in [7, 11) is 2.22. The molecule has 0 aliphatic carbocycles. The van der Waals surface area contributed by atoms with E-state index >= 15 is 0 Å². The normalized spacial score (nSPS) is 12.6. The molecule has 178 valence electrons. The number of imidazole rings is 1. The molecule has 2 nitrogen and oxygen atoms in total. The molecule has 0 atom stereocenters. The quantitative estimate of drug-likeness (QED) is 0.234. The molecule has 0 amide bonds. The van der Waals surface area contributed by atoms with Crippen LogP contribution in [-0.4, -0.2) is 4.57 Å². The standard InChI is InChI=1S/C33H37N2/c1-22-16-17-24(32(2,3)4)20-27(22)31-34(8)30-21-25(33(5,6)7)18-19-29(30)35(31)28-15-11-13-23-12-9-10-14-26(23)28/h9-21H,1-8H3/q+1. The van der Waals surface area contributed by atoms with Crippen LogP contribution >= 0.6 is 0 Å². The molecule has 0 aliphatic rings. The maximum Gasteiger partial charge on any atom is 0.295 e. The molecule has 0 spiro atoms. The van der Waals surface area contributed by atoms with Crippen molar-refractivity contribution in [2.24, 2.45) is 7.05 Å². The van der Waals surface area contributed by atoms with Gasteiger partial charge in [-0.3, -0.25) is 0 Å². The maximum absolute atomic E-state index is 2.47. The Bertz CT molecular complexity index is 1560. The number of nitrogens with zero attached hydrogens (tertiary/aromatic N) is 2. The summed E-state index contributed by atoms with van der Waals surface area (Å²) in [6, 6.07) is 29.3. The molecule has 2 heteroatoms. The number of aromatic nitrogens is 2. The monoisotopic (exact) mass is 461 g/mol. The van der Waals surface area contributed by atoms with Crippen molar-refractivity contribution in [3.05, 3.63) is 95.6 Å². The summed E-state index contributed by atoms with van der Waals surface area (Å²) in [6.07, 6.45) is 0. The lowest BCUT2D eigenvalue weighted by molar-refractivity contribution is -0.633. The van der Waals surface area contributed by atoms with Crippen molar-refractivity contribution in [3.63, 3.8) is 0 Å². The molecule has 1 aromatic heterocycles. The molecule has 0 unspecified atom stereocenters. The van der Waals surface area contributed by atoms with Gasteiger partial charge >= 0.3 is 0 Å². The van der Waals surface area contributed by atoms with Crippen molar-refractivity contribution in [1.29, 1.82) is 0 Å². The fourth-order valence-electron chi connectivity index (χ4n) is 5.10. The molecule has 0 bridgehead atoms. The van der Waals surface area contributed by atoms with Crippen molar-refractivity contribution < 1.29 is 4.57 Å². The highest BCUT2D eigenvalue weighted by atomic mass is 15.2. The summed E-state index contributed by atoms with van der Waals surface area (Å²) in [6.45, 7) is 16.0. The minimum atomic E-state index is 0.0801. The Kier molecular flexibility index (Phi) is 5.40. The van der Waals surface area contributed by atoms with Crippen LogP contribution in [0, 0.1) is 6.92 Å². The lowest BCUT2D eigenvalue weighted by Crippen LogP contribution is -2.31. The molecule has 1 heterocycles. The number of fused-ring (bicyclic) bond motifs is 2. The predicted molar refractivity (Wildman–Crippen MR) is 150 cm³/mol. The molecule has 5 aromatic rings. The third kappa shape index (κ3) is 3.95. The van der Waals surface area contributed by atoms with Crippen LogP contribution in [0.25, 0.3) is 38.9 Å². The zero-order chi connectivity index (χ0) is 25.1. The van der Waals surface area contributed by atoms with Gasteiger partial charge in [-0.2, -0.15) is 4.57 Å². The zero-order valence-corrected chi connectivity index (χ0v) is 22.4. The molecule has 0 aliphatic heterocycles. The molecule has 0 N–H and O–H groups in total. The van der Waals surface area contributed by atoms with Gasteiger partial charge in [0.2, 0.25) is 0 Å². The minimum absolute atomic E-state index is 0.0801. The Morgan fingerprint density at radius 1 is 0.686 bits per heavy atom. The summed E-state index contributed by atoms with van der Waals surface area (Å²) < 4.78 is 4.86. The van der Waals surface area contributed by atoms with Crippen LogP contribution in [0.5, 0.6) is 0 Å². The molecule has 0 saturated carbocycles. The maximum atomic E-state index is 2.47. The van der Waals surface area contributed by atoms with Gasteiger partial charge in [-0.15, -0.1) is 0 Å². The highest BCUT2D eigenvalue weighted by molar-refractivity contribution is 5.93. The molecular formula is C33H37N2+. The van der Waals surface area contributed by atoms with Crippen LogP contribution in [-0.2, 0) is 17.9 Å². The highest BCUT2D eigenvalue weighted by Crippen LogP contribution is 2.36. The van der Waals surface area contributed by atoms with E-state index in [1.807, 2.05) is 0 Å². The lowest BCUT2D eigenvalue weighted by atomic mass is 9.85. The van der Waals surface area contributed by atoms with E-state index in [1.54, 1.807) is 0 Å². The second-order valence-corrected chi connectivity index (χ2v) is 11.9. The van der Waals surface area contributed by atoms with Crippen molar-refractivity contribution in [3.8, 4) is 17.1 Å². The van der Waals surface area contributed by atoms with Gasteiger partial charge in [0, 0.05) is 5.39 Å². The molecule has 5 rings (SSSR count). The van der Waals surface area contributed by atoms with Gasteiger partial charge < -0.3 is 0 Å². The summed E-state index contributed by atoms with van der Waals surface area (Å²) >= 11 is 0. The van der Waals surface area contributed by atoms with E-state index < -0.39 is 0 Å².